The van der Waals surface area contributed by atoms with E-state index in [1.807, 2.05) is 0 Å². The molecule has 126 valence electrons. The molecular formula is C17H16BrFN2O3. The maximum atomic E-state index is 13.0. The van der Waals surface area contributed by atoms with E-state index in [0.717, 1.165) is 10.0 Å². The predicted molar refractivity (Wildman–Crippen MR) is 91.3 cm³/mol. The molecule has 2 aromatic carbocycles. The van der Waals surface area contributed by atoms with Crippen molar-refractivity contribution in [2.75, 3.05) is 13.1 Å². The lowest BCUT2D eigenvalue weighted by Gasteiger charge is -2.23. The summed E-state index contributed by atoms with van der Waals surface area (Å²) in [4.78, 5) is 24.8. The van der Waals surface area contributed by atoms with Crippen LogP contribution in [-0.4, -0.2) is 35.1 Å². The van der Waals surface area contributed by atoms with Crippen LogP contribution in [0.5, 0.6) is 0 Å². The lowest BCUT2D eigenvalue weighted by molar-refractivity contribution is 0.0743. The third-order valence-corrected chi connectivity index (χ3v) is 3.85. The van der Waals surface area contributed by atoms with E-state index in [9.17, 15) is 14.0 Å². The number of nitrogens with one attached hydrogen (secondary N) is 1. The van der Waals surface area contributed by atoms with Crippen molar-refractivity contribution in [2.45, 2.75) is 6.54 Å². The number of carboxylic acid groups (broad SMARTS) is 1. The first-order chi connectivity index (χ1) is 11.5. The molecule has 0 atom stereocenters. The molecule has 0 unspecified atom stereocenters. The third kappa shape index (κ3) is 5.34. The van der Waals surface area contributed by atoms with Crippen LogP contribution >= 0.6 is 15.9 Å². The molecular weight excluding hydrogens is 379 g/mol. The topological polar surface area (TPSA) is 69.6 Å². The summed E-state index contributed by atoms with van der Waals surface area (Å²) in [7, 11) is 0. The predicted octanol–water partition coefficient (Wildman–Crippen LogP) is 3.50. The van der Waals surface area contributed by atoms with E-state index in [-0.39, 0.29) is 31.4 Å². The second-order valence-corrected chi connectivity index (χ2v) is 6.01. The fourth-order valence-electron chi connectivity index (χ4n) is 2.14. The minimum atomic E-state index is -1.15. The van der Waals surface area contributed by atoms with Gasteiger partial charge in [0.05, 0.1) is 0 Å². The van der Waals surface area contributed by atoms with Crippen molar-refractivity contribution < 1.29 is 19.1 Å². The zero-order chi connectivity index (χ0) is 17.5. The number of carbonyl (C=O) groups excluding carboxylic acids is 1. The van der Waals surface area contributed by atoms with Crippen molar-refractivity contribution in [1.82, 2.24) is 10.2 Å². The first kappa shape index (κ1) is 17.9. The Balaban J connectivity index is 2.14. The molecule has 2 rings (SSSR count). The van der Waals surface area contributed by atoms with Gasteiger partial charge in [0.2, 0.25) is 0 Å². The third-order valence-electron chi connectivity index (χ3n) is 3.32. The van der Waals surface area contributed by atoms with Gasteiger partial charge in [0.25, 0.3) is 5.91 Å². The first-order valence-corrected chi connectivity index (χ1v) is 8.01. The fourth-order valence-corrected chi connectivity index (χ4v) is 2.40. The van der Waals surface area contributed by atoms with E-state index < -0.39 is 6.09 Å². The summed E-state index contributed by atoms with van der Waals surface area (Å²) in [6.45, 7) is 0.577. The van der Waals surface area contributed by atoms with Gasteiger partial charge in [-0.05, 0) is 42.0 Å². The van der Waals surface area contributed by atoms with E-state index in [1.165, 1.54) is 17.0 Å². The van der Waals surface area contributed by atoms with Gasteiger partial charge < -0.3 is 15.3 Å². The van der Waals surface area contributed by atoms with E-state index in [4.69, 9.17) is 5.11 Å². The average Bonchev–Trinajstić information content (AvgIpc) is 2.55. The Morgan fingerprint density at radius 2 is 1.71 bits per heavy atom. The summed E-state index contributed by atoms with van der Waals surface area (Å²) in [6, 6.07) is 12.8. The molecule has 24 heavy (non-hydrogen) atoms. The Morgan fingerprint density at radius 3 is 2.29 bits per heavy atom. The minimum absolute atomic E-state index is 0.110. The van der Waals surface area contributed by atoms with Crippen LogP contribution in [0.1, 0.15) is 15.9 Å². The Bertz CT molecular complexity index is 705. The largest absolute Gasteiger partial charge is 0.465 e. The number of benzene rings is 2. The Morgan fingerprint density at radius 1 is 1.08 bits per heavy atom. The Kier molecular flexibility index (Phi) is 6.31. The standard InChI is InChI=1S/C17H16BrFN2O3/c18-14-5-3-13(4-6-14)16(22)21(10-9-20-17(23)24)11-12-1-7-15(19)8-2-12/h1-8,20H,9-11H2,(H,23,24). The smallest absolute Gasteiger partial charge is 0.404 e. The molecule has 0 radical (unpaired) electrons. The van der Waals surface area contributed by atoms with Gasteiger partial charge in [-0.25, -0.2) is 9.18 Å². The van der Waals surface area contributed by atoms with Crippen LogP contribution in [0.3, 0.4) is 0 Å². The van der Waals surface area contributed by atoms with Gasteiger partial charge in [-0.2, -0.15) is 0 Å². The van der Waals surface area contributed by atoms with E-state index in [1.54, 1.807) is 36.4 Å². The minimum Gasteiger partial charge on any atom is -0.465 e. The number of carbonyl (C=O) groups is 2. The molecule has 2 N–H and O–H groups in total. The molecule has 7 heteroatoms. The molecule has 0 aliphatic carbocycles. The summed E-state index contributed by atoms with van der Waals surface area (Å²) in [5.74, 6) is -0.573. The highest BCUT2D eigenvalue weighted by Crippen LogP contribution is 2.14. The summed E-state index contributed by atoms with van der Waals surface area (Å²) in [6.07, 6.45) is -1.15. The Labute approximate surface area is 147 Å². The van der Waals surface area contributed by atoms with Crippen molar-refractivity contribution in [2.24, 2.45) is 0 Å². The summed E-state index contributed by atoms with van der Waals surface area (Å²) >= 11 is 3.31. The maximum absolute atomic E-state index is 13.0. The SMILES string of the molecule is O=C(O)NCCN(Cc1ccc(F)cc1)C(=O)c1ccc(Br)cc1. The molecule has 0 saturated carbocycles. The van der Waals surface area contributed by atoms with Crippen molar-refractivity contribution in [1.29, 1.82) is 0 Å². The number of hydrogen-bond donors (Lipinski definition) is 2. The molecule has 0 aliphatic rings. The molecule has 5 nitrogen and oxygen atoms in total. The molecule has 0 saturated heterocycles. The second kappa shape index (κ2) is 8.44. The summed E-state index contributed by atoms with van der Waals surface area (Å²) < 4.78 is 13.9. The van der Waals surface area contributed by atoms with Gasteiger partial charge >= 0.3 is 6.09 Å². The van der Waals surface area contributed by atoms with Gasteiger partial charge in [-0.3, -0.25) is 4.79 Å². The van der Waals surface area contributed by atoms with Gasteiger partial charge in [-0.15, -0.1) is 0 Å². The zero-order valence-corrected chi connectivity index (χ0v) is 14.3. The van der Waals surface area contributed by atoms with Crippen molar-refractivity contribution in [3.63, 3.8) is 0 Å². The molecule has 0 aromatic heterocycles. The van der Waals surface area contributed by atoms with Crippen LogP contribution in [0.2, 0.25) is 0 Å². The molecule has 0 aliphatic heterocycles. The van der Waals surface area contributed by atoms with Crippen LogP contribution in [0.25, 0.3) is 0 Å². The number of rotatable bonds is 6. The first-order valence-electron chi connectivity index (χ1n) is 7.22. The van der Waals surface area contributed by atoms with Crippen molar-refractivity contribution >= 4 is 27.9 Å². The summed E-state index contributed by atoms with van der Waals surface area (Å²) in [5, 5.41) is 10.9. The molecule has 2 aromatic rings. The molecule has 0 bridgehead atoms. The van der Waals surface area contributed by atoms with Crippen LogP contribution in [0.4, 0.5) is 9.18 Å². The molecule has 0 spiro atoms. The second-order valence-electron chi connectivity index (χ2n) is 5.09. The molecule has 2 amide bonds. The van der Waals surface area contributed by atoms with Gasteiger partial charge in [0, 0.05) is 29.7 Å². The van der Waals surface area contributed by atoms with Crippen LogP contribution in [-0.2, 0) is 6.54 Å². The maximum Gasteiger partial charge on any atom is 0.404 e. The monoisotopic (exact) mass is 394 g/mol. The van der Waals surface area contributed by atoms with Crippen molar-refractivity contribution in [3.8, 4) is 0 Å². The van der Waals surface area contributed by atoms with E-state index >= 15 is 0 Å². The average molecular weight is 395 g/mol. The normalized spacial score (nSPS) is 10.2. The fraction of sp³-hybridized carbons (Fsp3) is 0.176. The van der Waals surface area contributed by atoms with Crippen LogP contribution in [0.15, 0.2) is 53.0 Å². The highest BCUT2D eigenvalue weighted by Gasteiger charge is 2.16. The summed E-state index contributed by atoms with van der Waals surface area (Å²) in [5.41, 5.74) is 1.26. The van der Waals surface area contributed by atoms with Crippen molar-refractivity contribution in [3.05, 3.63) is 69.9 Å². The number of halogens is 2. The zero-order valence-electron chi connectivity index (χ0n) is 12.7. The lowest BCUT2D eigenvalue weighted by atomic mass is 10.1. The number of nitrogens with zero attached hydrogens (tertiary/aromatic N) is 1. The van der Waals surface area contributed by atoms with Crippen LogP contribution < -0.4 is 5.32 Å². The van der Waals surface area contributed by atoms with E-state index in [2.05, 4.69) is 21.2 Å². The highest BCUT2D eigenvalue weighted by atomic mass is 79.9. The van der Waals surface area contributed by atoms with Gasteiger partial charge in [-0.1, -0.05) is 28.1 Å². The number of hydrogen-bond acceptors (Lipinski definition) is 2. The lowest BCUT2D eigenvalue weighted by Crippen LogP contribution is -2.37. The quantitative estimate of drug-likeness (QED) is 0.787. The van der Waals surface area contributed by atoms with Crippen LogP contribution in [0, 0.1) is 5.82 Å². The Hall–Kier alpha value is -2.41. The molecule has 0 fully saturated rings. The van der Waals surface area contributed by atoms with Gasteiger partial charge in [0.1, 0.15) is 5.82 Å². The highest BCUT2D eigenvalue weighted by molar-refractivity contribution is 9.10. The van der Waals surface area contributed by atoms with E-state index in [0.29, 0.717) is 5.56 Å². The molecule has 0 heterocycles. The number of amides is 2. The van der Waals surface area contributed by atoms with Gasteiger partial charge in [0.15, 0.2) is 0 Å².